The average molecular weight is 304 g/mol. The van der Waals surface area contributed by atoms with E-state index >= 15 is 0 Å². The molecule has 14 heavy (non-hydrogen) atoms. The quantitative estimate of drug-likeness (QED) is 0.743. The summed E-state index contributed by atoms with van der Waals surface area (Å²) in [4.78, 5) is 21.2. The third-order valence-electron chi connectivity index (χ3n) is 1.99. The Hall–Kier alpha value is -0.920. The summed E-state index contributed by atoms with van der Waals surface area (Å²) in [5, 5.41) is 2.77. The van der Waals surface area contributed by atoms with Gasteiger partial charge in [0.15, 0.2) is 0 Å². The molecule has 1 fully saturated rings. The van der Waals surface area contributed by atoms with Gasteiger partial charge < -0.3 is 10.2 Å². The minimum Gasteiger partial charge on any atom is -0.353 e. The van der Waals surface area contributed by atoms with Gasteiger partial charge in [0.25, 0.3) is 0 Å². The summed E-state index contributed by atoms with van der Waals surface area (Å²) in [5.41, 5.74) is 0. The first kappa shape index (κ1) is 9.63. The zero-order chi connectivity index (χ0) is 9.97. The second-order valence-corrected chi connectivity index (χ2v) is 4.13. The third-order valence-corrected chi connectivity index (χ3v) is 2.75. The molecule has 1 amide bonds. The molecule has 6 heteroatoms. The van der Waals surface area contributed by atoms with Gasteiger partial charge in [-0.2, -0.15) is 0 Å². The molecule has 1 aromatic rings. The third kappa shape index (κ3) is 1.94. The molecule has 0 saturated carbocycles. The number of hydrogen-bond donors (Lipinski definition) is 1. The van der Waals surface area contributed by atoms with Crippen molar-refractivity contribution in [3.63, 3.8) is 0 Å². The molecule has 5 nitrogen and oxygen atoms in total. The summed E-state index contributed by atoms with van der Waals surface area (Å²) >= 11 is 2.17. The Morgan fingerprint density at radius 2 is 2.43 bits per heavy atom. The number of halogens is 1. The summed E-state index contributed by atoms with van der Waals surface area (Å²) < 4.78 is 0.972. The van der Waals surface area contributed by atoms with Crippen molar-refractivity contribution in [2.45, 2.75) is 0 Å². The zero-order valence-corrected chi connectivity index (χ0v) is 9.56. The van der Waals surface area contributed by atoms with Crippen LogP contribution in [0.3, 0.4) is 0 Å². The van der Waals surface area contributed by atoms with E-state index in [9.17, 15) is 4.79 Å². The highest BCUT2D eigenvalue weighted by Crippen LogP contribution is 2.18. The molecule has 0 bridgehead atoms. The zero-order valence-electron chi connectivity index (χ0n) is 7.40. The van der Waals surface area contributed by atoms with Crippen LogP contribution in [0.5, 0.6) is 0 Å². The largest absolute Gasteiger partial charge is 0.353 e. The summed E-state index contributed by atoms with van der Waals surface area (Å²) in [6.45, 7) is 1.87. The van der Waals surface area contributed by atoms with E-state index in [0.29, 0.717) is 13.1 Å². The maximum atomic E-state index is 11.2. The van der Waals surface area contributed by atoms with Gasteiger partial charge in [-0.3, -0.25) is 4.79 Å². The number of anilines is 1. The van der Waals surface area contributed by atoms with E-state index in [1.807, 2.05) is 4.90 Å². The van der Waals surface area contributed by atoms with E-state index in [4.69, 9.17) is 0 Å². The van der Waals surface area contributed by atoms with E-state index in [0.717, 1.165) is 15.9 Å². The first-order chi connectivity index (χ1) is 6.77. The lowest BCUT2D eigenvalue weighted by atomic mass is 10.3. The molecule has 2 heterocycles. The predicted molar refractivity (Wildman–Crippen MR) is 60.0 cm³/mol. The lowest BCUT2D eigenvalue weighted by Gasteiger charge is -2.27. The van der Waals surface area contributed by atoms with Crippen LogP contribution in [0.2, 0.25) is 0 Å². The second kappa shape index (κ2) is 4.07. The van der Waals surface area contributed by atoms with Crippen LogP contribution in [0.1, 0.15) is 0 Å². The van der Waals surface area contributed by atoms with Gasteiger partial charge in [-0.05, 0) is 22.6 Å². The van der Waals surface area contributed by atoms with Gasteiger partial charge in [-0.25, -0.2) is 9.97 Å². The van der Waals surface area contributed by atoms with Gasteiger partial charge in [-0.1, -0.05) is 0 Å². The van der Waals surface area contributed by atoms with Crippen molar-refractivity contribution in [1.29, 1.82) is 0 Å². The van der Waals surface area contributed by atoms with Crippen molar-refractivity contribution >= 4 is 34.3 Å². The SMILES string of the molecule is O=C1CN(c2ncncc2I)CCN1. The Bertz CT molecular complexity index is 357. The summed E-state index contributed by atoms with van der Waals surface area (Å²) in [6.07, 6.45) is 3.25. The normalized spacial score (nSPS) is 16.6. The highest BCUT2D eigenvalue weighted by molar-refractivity contribution is 14.1. The topological polar surface area (TPSA) is 58.1 Å². The molecule has 0 aromatic carbocycles. The van der Waals surface area contributed by atoms with E-state index < -0.39 is 0 Å². The molecule has 74 valence electrons. The Balaban J connectivity index is 2.22. The second-order valence-electron chi connectivity index (χ2n) is 2.97. The first-order valence-electron chi connectivity index (χ1n) is 4.24. The van der Waals surface area contributed by atoms with Crippen LogP contribution in [0.15, 0.2) is 12.5 Å². The first-order valence-corrected chi connectivity index (χ1v) is 5.32. The van der Waals surface area contributed by atoms with E-state index in [1.54, 1.807) is 6.20 Å². The van der Waals surface area contributed by atoms with Crippen LogP contribution in [-0.4, -0.2) is 35.5 Å². The van der Waals surface area contributed by atoms with Crippen LogP contribution in [-0.2, 0) is 4.79 Å². The number of amides is 1. The Morgan fingerprint density at radius 3 is 3.14 bits per heavy atom. The number of nitrogens with zero attached hydrogens (tertiary/aromatic N) is 3. The fourth-order valence-corrected chi connectivity index (χ4v) is 2.00. The Kier molecular flexibility index (Phi) is 2.80. The van der Waals surface area contributed by atoms with E-state index in [-0.39, 0.29) is 5.91 Å². The lowest BCUT2D eigenvalue weighted by Crippen LogP contribution is -2.48. The highest BCUT2D eigenvalue weighted by atomic mass is 127. The summed E-state index contributed by atoms with van der Waals surface area (Å²) in [6, 6.07) is 0. The van der Waals surface area contributed by atoms with Gasteiger partial charge in [-0.15, -0.1) is 0 Å². The van der Waals surface area contributed by atoms with Crippen molar-refractivity contribution in [3.8, 4) is 0 Å². The lowest BCUT2D eigenvalue weighted by molar-refractivity contribution is -0.120. The van der Waals surface area contributed by atoms with Crippen LogP contribution in [0.4, 0.5) is 5.82 Å². The Labute approximate surface area is 95.1 Å². The predicted octanol–water partition coefficient (Wildman–Crippen LogP) is 0.0174. The summed E-state index contributed by atoms with van der Waals surface area (Å²) in [5.74, 6) is 0.890. The van der Waals surface area contributed by atoms with Crippen LogP contribution < -0.4 is 10.2 Å². The number of carbonyl (C=O) groups excluding carboxylic acids is 1. The fourth-order valence-electron chi connectivity index (χ4n) is 1.36. The fraction of sp³-hybridized carbons (Fsp3) is 0.375. The summed E-state index contributed by atoms with van der Waals surface area (Å²) in [7, 11) is 0. The number of rotatable bonds is 1. The van der Waals surface area contributed by atoms with Crippen LogP contribution in [0, 0.1) is 3.57 Å². The van der Waals surface area contributed by atoms with Crippen molar-refractivity contribution < 1.29 is 4.79 Å². The molecule has 0 spiro atoms. The number of aromatic nitrogens is 2. The molecule has 0 atom stereocenters. The molecule has 1 aromatic heterocycles. The molecular formula is C8H9IN4O. The number of nitrogens with one attached hydrogen (secondary N) is 1. The molecule has 0 radical (unpaired) electrons. The number of carbonyl (C=O) groups is 1. The monoisotopic (exact) mass is 304 g/mol. The molecule has 1 saturated heterocycles. The minimum absolute atomic E-state index is 0.0469. The molecule has 1 aliphatic heterocycles. The van der Waals surface area contributed by atoms with Gasteiger partial charge in [0.1, 0.15) is 12.1 Å². The Morgan fingerprint density at radius 1 is 1.57 bits per heavy atom. The molecule has 1 aliphatic rings. The van der Waals surface area contributed by atoms with Gasteiger partial charge >= 0.3 is 0 Å². The smallest absolute Gasteiger partial charge is 0.239 e. The van der Waals surface area contributed by atoms with Crippen LogP contribution >= 0.6 is 22.6 Å². The van der Waals surface area contributed by atoms with E-state index in [1.165, 1.54) is 6.33 Å². The van der Waals surface area contributed by atoms with Crippen LogP contribution in [0.25, 0.3) is 0 Å². The molecule has 0 aliphatic carbocycles. The minimum atomic E-state index is 0.0469. The maximum Gasteiger partial charge on any atom is 0.239 e. The van der Waals surface area contributed by atoms with Crippen molar-refractivity contribution in [2.75, 3.05) is 24.5 Å². The van der Waals surface area contributed by atoms with E-state index in [2.05, 4.69) is 37.9 Å². The van der Waals surface area contributed by atoms with Crippen molar-refractivity contribution in [3.05, 3.63) is 16.1 Å². The average Bonchev–Trinajstić information content (AvgIpc) is 2.18. The van der Waals surface area contributed by atoms with Crippen molar-refractivity contribution in [2.24, 2.45) is 0 Å². The maximum absolute atomic E-state index is 11.2. The standard InChI is InChI=1S/C8H9IN4O/c9-6-3-10-5-12-8(6)13-2-1-11-7(14)4-13/h3,5H,1-2,4H2,(H,11,14). The van der Waals surface area contributed by atoms with Gasteiger partial charge in [0.2, 0.25) is 5.91 Å². The number of piperazine rings is 1. The molecule has 0 unspecified atom stereocenters. The number of hydrogen-bond acceptors (Lipinski definition) is 4. The molecule has 1 N–H and O–H groups in total. The van der Waals surface area contributed by atoms with Gasteiger partial charge in [0, 0.05) is 19.3 Å². The highest BCUT2D eigenvalue weighted by Gasteiger charge is 2.18. The van der Waals surface area contributed by atoms with Crippen molar-refractivity contribution in [1.82, 2.24) is 15.3 Å². The molecule has 2 rings (SSSR count). The van der Waals surface area contributed by atoms with Gasteiger partial charge in [0.05, 0.1) is 10.1 Å². The molecular weight excluding hydrogens is 295 g/mol.